The van der Waals surface area contributed by atoms with Crippen LogP contribution in [0.25, 0.3) is 0 Å². The van der Waals surface area contributed by atoms with E-state index in [0.717, 1.165) is 128 Å². The van der Waals surface area contributed by atoms with Crippen molar-refractivity contribution in [3.63, 3.8) is 0 Å². The zero-order valence-electron chi connectivity index (χ0n) is 47.2. The van der Waals surface area contributed by atoms with Crippen molar-refractivity contribution in [2.75, 3.05) is 47.5 Å². The minimum atomic E-state index is -4.66. The summed E-state index contributed by atoms with van der Waals surface area (Å²) in [5, 5.41) is 0. The van der Waals surface area contributed by atoms with E-state index in [4.69, 9.17) is 18.5 Å². The van der Waals surface area contributed by atoms with E-state index in [0.29, 0.717) is 23.9 Å². The maximum Gasteiger partial charge on any atom is 0.306 e. The first-order valence-corrected chi connectivity index (χ1v) is 30.0. The molecule has 418 valence electrons. The SMILES string of the molecule is CC/C=C\C/C=C\C/C=C\C/C=C\C/C=C\C/C=C\C/C=C\C/C=C\C/C=C\CCCCCC(=O)OC(COC(=O)CCCCCCCC/C=C\C/C=C\C/C=C\CCCCC)COP(=O)([O-])OCC[N+](C)(C)C. The maximum absolute atomic E-state index is 12.8. The third kappa shape index (κ3) is 57.2. The van der Waals surface area contributed by atoms with Crippen LogP contribution in [0.3, 0.4) is 0 Å². The lowest BCUT2D eigenvalue weighted by molar-refractivity contribution is -0.870. The van der Waals surface area contributed by atoms with Crippen LogP contribution in [-0.2, 0) is 32.7 Å². The molecule has 0 bridgehead atoms. The van der Waals surface area contributed by atoms with Gasteiger partial charge < -0.3 is 27.9 Å². The summed E-state index contributed by atoms with van der Waals surface area (Å²) in [7, 11) is 1.11. The number of phosphoric acid groups is 1. The van der Waals surface area contributed by atoms with E-state index in [-0.39, 0.29) is 26.1 Å². The first kappa shape index (κ1) is 69.9. The second-order valence-electron chi connectivity index (χ2n) is 19.6. The van der Waals surface area contributed by atoms with Crippen molar-refractivity contribution in [1.29, 1.82) is 0 Å². The number of nitrogens with zero attached hydrogens (tertiary/aromatic N) is 1. The van der Waals surface area contributed by atoms with Gasteiger partial charge in [0.1, 0.15) is 19.8 Å². The Bertz CT molecular complexity index is 1760. The van der Waals surface area contributed by atoms with Crippen LogP contribution in [0.1, 0.15) is 194 Å². The van der Waals surface area contributed by atoms with Gasteiger partial charge in [0.2, 0.25) is 0 Å². The Morgan fingerprint density at radius 2 is 0.770 bits per heavy atom. The Balaban J connectivity index is 4.33. The molecule has 0 aliphatic heterocycles. The molecular formula is C64H104NO8P. The molecule has 9 nitrogen and oxygen atoms in total. The van der Waals surface area contributed by atoms with E-state index in [2.05, 4.69) is 160 Å². The predicted molar refractivity (Wildman–Crippen MR) is 314 cm³/mol. The largest absolute Gasteiger partial charge is 0.756 e. The highest BCUT2D eigenvalue weighted by Crippen LogP contribution is 2.38. The van der Waals surface area contributed by atoms with Crippen molar-refractivity contribution in [3.05, 3.63) is 146 Å². The fraction of sp³-hybridized carbons (Fsp3) is 0.594. The summed E-state index contributed by atoms with van der Waals surface area (Å²) in [5.74, 6) is -0.900. The maximum atomic E-state index is 12.8. The second kappa shape index (κ2) is 53.7. The molecule has 0 rings (SSSR count). The van der Waals surface area contributed by atoms with Crippen LogP contribution >= 0.6 is 7.82 Å². The number of likely N-dealkylation sites (N-methyl/N-ethyl adjacent to an activating group) is 1. The molecule has 0 amide bonds. The number of carbonyl (C=O) groups excluding carboxylic acids is 2. The summed E-state index contributed by atoms with van der Waals surface area (Å²) in [5.41, 5.74) is 0. The van der Waals surface area contributed by atoms with Crippen LogP contribution in [-0.4, -0.2) is 70.0 Å². The minimum Gasteiger partial charge on any atom is -0.756 e. The molecule has 0 aliphatic carbocycles. The minimum absolute atomic E-state index is 0.0489. The van der Waals surface area contributed by atoms with Crippen molar-refractivity contribution < 1.29 is 42.1 Å². The molecule has 0 aromatic heterocycles. The van der Waals surface area contributed by atoms with Gasteiger partial charge in [0.05, 0.1) is 27.7 Å². The molecule has 0 N–H and O–H groups in total. The van der Waals surface area contributed by atoms with E-state index >= 15 is 0 Å². The van der Waals surface area contributed by atoms with Gasteiger partial charge in [-0.2, -0.15) is 0 Å². The number of esters is 2. The Labute approximate surface area is 453 Å². The van der Waals surface area contributed by atoms with Crippen molar-refractivity contribution in [1.82, 2.24) is 0 Å². The van der Waals surface area contributed by atoms with Gasteiger partial charge in [0.15, 0.2) is 6.10 Å². The van der Waals surface area contributed by atoms with Crippen molar-refractivity contribution in [3.8, 4) is 0 Å². The van der Waals surface area contributed by atoms with E-state index in [1.54, 1.807) is 0 Å². The van der Waals surface area contributed by atoms with E-state index < -0.39 is 32.5 Å². The van der Waals surface area contributed by atoms with Crippen molar-refractivity contribution in [2.24, 2.45) is 0 Å². The molecule has 0 fully saturated rings. The quantitative estimate of drug-likeness (QED) is 0.0195. The van der Waals surface area contributed by atoms with E-state index in [1.807, 2.05) is 21.1 Å². The first-order valence-electron chi connectivity index (χ1n) is 28.5. The summed E-state index contributed by atoms with van der Waals surface area (Å²) in [6, 6.07) is 0. The molecule has 2 unspecified atom stereocenters. The fourth-order valence-corrected chi connectivity index (χ4v) is 7.68. The highest BCUT2D eigenvalue weighted by Gasteiger charge is 2.21. The number of phosphoric ester groups is 1. The van der Waals surface area contributed by atoms with Gasteiger partial charge in [-0.1, -0.05) is 205 Å². The predicted octanol–water partition coefficient (Wildman–Crippen LogP) is 17.3. The average Bonchev–Trinajstić information content (AvgIpc) is 3.36. The van der Waals surface area contributed by atoms with Crippen LogP contribution in [0.2, 0.25) is 0 Å². The highest BCUT2D eigenvalue weighted by atomic mass is 31.2. The standard InChI is InChI=1S/C64H104NO8P/c1-6-8-10-12-14-16-18-20-22-24-26-27-28-29-30-31-32-33-34-35-36-37-39-41-43-45-47-49-51-53-55-57-64(67)73-62(61-72-74(68,69)71-59-58-65(3,4)5)60-70-63(66)56-54-52-50-48-46-44-42-40-38-25-23-21-19-17-15-13-11-9-7-2/h8,10,14-17,20-23,26-27,29-30,32-33,35-36,38-41,45,47,62H,6-7,9,11-13,18-19,24-25,28,31,34,37,42-44,46,48-61H2,1-5H3/b10-8-,16-14-,17-15-,22-20-,23-21-,27-26-,30-29-,33-32-,36-35-,40-38-,41-39-,47-45-. The molecule has 0 saturated heterocycles. The number of hydrogen-bond acceptors (Lipinski definition) is 8. The molecule has 0 aromatic carbocycles. The fourth-order valence-electron chi connectivity index (χ4n) is 6.95. The highest BCUT2D eigenvalue weighted by molar-refractivity contribution is 7.45. The molecule has 0 heterocycles. The van der Waals surface area contributed by atoms with Crippen LogP contribution in [0.15, 0.2) is 146 Å². The molecular weight excluding hydrogens is 942 g/mol. The summed E-state index contributed by atoms with van der Waals surface area (Å²) in [4.78, 5) is 37.8. The lowest BCUT2D eigenvalue weighted by Gasteiger charge is -2.28. The third-order valence-electron chi connectivity index (χ3n) is 11.3. The molecule has 74 heavy (non-hydrogen) atoms. The van der Waals surface area contributed by atoms with Crippen molar-refractivity contribution >= 4 is 19.8 Å². The molecule has 2 atom stereocenters. The molecule has 10 heteroatoms. The number of hydrogen-bond donors (Lipinski definition) is 0. The molecule has 0 aromatic rings. The van der Waals surface area contributed by atoms with Gasteiger partial charge >= 0.3 is 11.9 Å². The number of rotatable bonds is 50. The Hall–Kier alpha value is -4.11. The lowest BCUT2D eigenvalue weighted by atomic mass is 10.1. The van der Waals surface area contributed by atoms with Gasteiger partial charge in [-0.15, -0.1) is 0 Å². The topological polar surface area (TPSA) is 111 Å². The third-order valence-corrected chi connectivity index (χ3v) is 12.3. The molecule has 0 saturated carbocycles. The van der Waals surface area contributed by atoms with Gasteiger partial charge in [0, 0.05) is 12.8 Å². The summed E-state index contributed by atoms with van der Waals surface area (Å²) >= 11 is 0. The number of quaternary nitrogens is 1. The Kier molecular flexibility index (Phi) is 50.7. The zero-order chi connectivity index (χ0) is 54.2. The average molecular weight is 1050 g/mol. The summed E-state index contributed by atoms with van der Waals surface area (Å²) < 4.78 is 34.1. The van der Waals surface area contributed by atoms with Crippen LogP contribution in [0.4, 0.5) is 0 Å². The van der Waals surface area contributed by atoms with E-state index in [9.17, 15) is 19.0 Å². The Morgan fingerprint density at radius 1 is 0.432 bits per heavy atom. The summed E-state index contributed by atoms with van der Waals surface area (Å²) in [6.45, 7) is 4.01. The first-order chi connectivity index (χ1) is 36.0. The second-order valence-corrected chi connectivity index (χ2v) is 21.0. The summed E-state index contributed by atoms with van der Waals surface area (Å²) in [6.07, 6.45) is 78.9. The Morgan fingerprint density at radius 3 is 1.16 bits per heavy atom. The van der Waals surface area contributed by atoms with Crippen LogP contribution < -0.4 is 4.89 Å². The van der Waals surface area contributed by atoms with Crippen molar-refractivity contribution in [2.45, 2.75) is 200 Å². The molecule has 0 radical (unpaired) electrons. The number of unbranched alkanes of at least 4 members (excludes halogenated alkanes) is 12. The van der Waals surface area contributed by atoms with Gasteiger partial charge in [-0.05, 0) is 122 Å². The van der Waals surface area contributed by atoms with E-state index in [1.165, 1.54) is 25.7 Å². The van der Waals surface area contributed by atoms with Gasteiger partial charge in [0.25, 0.3) is 7.82 Å². The van der Waals surface area contributed by atoms with Gasteiger partial charge in [-0.25, -0.2) is 0 Å². The molecule has 0 spiro atoms. The lowest BCUT2D eigenvalue weighted by Crippen LogP contribution is -2.37. The zero-order valence-corrected chi connectivity index (χ0v) is 48.1. The van der Waals surface area contributed by atoms with Crippen LogP contribution in [0.5, 0.6) is 0 Å². The monoisotopic (exact) mass is 1050 g/mol. The number of carbonyl (C=O) groups is 2. The van der Waals surface area contributed by atoms with Crippen LogP contribution in [0, 0.1) is 0 Å². The molecule has 0 aliphatic rings. The van der Waals surface area contributed by atoms with Gasteiger partial charge in [-0.3, -0.25) is 14.2 Å². The normalized spacial score (nSPS) is 14.4. The number of ether oxygens (including phenoxy) is 2. The smallest absolute Gasteiger partial charge is 0.306 e. The number of allylic oxidation sites excluding steroid dienone is 24.